The molecule has 1 atom stereocenters. The van der Waals surface area contributed by atoms with E-state index < -0.39 is 21.5 Å². The first-order chi connectivity index (χ1) is 16.2. The maximum atomic E-state index is 13.5. The molecule has 1 aliphatic carbocycles. The number of para-hydroxylation sites is 1. The van der Waals surface area contributed by atoms with Gasteiger partial charge >= 0.3 is 0 Å². The van der Waals surface area contributed by atoms with Crippen LogP contribution in [0, 0.1) is 0 Å². The van der Waals surface area contributed by atoms with Gasteiger partial charge in [0, 0.05) is 24.7 Å². The molecule has 0 radical (unpaired) electrons. The van der Waals surface area contributed by atoms with E-state index in [0.29, 0.717) is 11.5 Å². The van der Waals surface area contributed by atoms with Gasteiger partial charge in [0.2, 0.25) is 21.8 Å². The van der Waals surface area contributed by atoms with Crippen molar-refractivity contribution in [1.29, 1.82) is 0 Å². The maximum absolute atomic E-state index is 13.5. The molecule has 9 nitrogen and oxygen atoms in total. The highest BCUT2D eigenvalue weighted by atomic mass is 32.2. The summed E-state index contributed by atoms with van der Waals surface area (Å²) in [6.07, 6.45) is 1.60. The van der Waals surface area contributed by atoms with E-state index in [1.165, 1.54) is 19.2 Å². The minimum absolute atomic E-state index is 0.0396. The van der Waals surface area contributed by atoms with Crippen molar-refractivity contribution in [2.24, 2.45) is 0 Å². The molecule has 0 bridgehead atoms. The number of carbonyl (C=O) groups excluding carboxylic acids is 2. The molecule has 1 aliphatic heterocycles. The summed E-state index contributed by atoms with van der Waals surface area (Å²) >= 11 is 0. The number of nitrogens with zero attached hydrogens (tertiary/aromatic N) is 2. The number of hydrogen-bond donors (Lipinski definition) is 1. The fraction of sp³-hybridized carbons (Fsp3) is 0.417. The van der Waals surface area contributed by atoms with E-state index in [0.717, 1.165) is 22.7 Å². The van der Waals surface area contributed by atoms with Crippen molar-refractivity contribution < 1.29 is 27.5 Å². The van der Waals surface area contributed by atoms with Crippen LogP contribution >= 0.6 is 0 Å². The van der Waals surface area contributed by atoms with Crippen molar-refractivity contribution in [3.05, 3.63) is 54.1 Å². The Morgan fingerprint density at radius 1 is 1.09 bits per heavy atom. The van der Waals surface area contributed by atoms with Crippen LogP contribution in [0.15, 0.2) is 53.4 Å². The lowest BCUT2D eigenvalue weighted by atomic mass is 9.95. The molecule has 1 saturated heterocycles. The molecule has 0 spiro atoms. The average molecular weight is 488 g/mol. The predicted molar refractivity (Wildman–Crippen MR) is 125 cm³/mol. The van der Waals surface area contributed by atoms with E-state index in [4.69, 9.17) is 9.47 Å². The summed E-state index contributed by atoms with van der Waals surface area (Å²) in [5, 5.41) is 2.89. The first-order valence-electron chi connectivity index (χ1n) is 11.1. The van der Waals surface area contributed by atoms with Crippen LogP contribution in [0.5, 0.6) is 11.5 Å². The third-order valence-corrected chi connectivity index (χ3v) is 8.13. The first-order valence-corrected chi connectivity index (χ1v) is 12.5. The normalized spacial score (nSPS) is 21.3. The number of amides is 2. The number of nitrogens with one attached hydrogen (secondary N) is 1. The van der Waals surface area contributed by atoms with Gasteiger partial charge in [0.15, 0.2) is 0 Å². The molecule has 2 amide bonds. The Kier molecular flexibility index (Phi) is 6.55. The molecule has 2 fully saturated rings. The summed E-state index contributed by atoms with van der Waals surface area (Å²) in [4.78, 5) is 28.3. The topological polar surface area (TPSA) is 105 Å². The van der Waals surface area contributed by atoms with Crippen LogP contribution in [0.3, 0.4) is 0 Å². The maximum Gasteiger partial charge on any atom is 0.247 e. The lowest BCUT2D eigenvalue weighted by molar-refractivity contribution is -0.153. The molecular weight excluding hydrogens is 458 g/mol. The van der Waals surface area contributed by atoms with Crippen LogP contribution in [0.4, 0.5) is 0 Å². The van der Waals surface area contributed by atoms with E-state index in [-0.39, 0.29) is 36.5 Å². The second-order valence-corrected chi connectivity index (χ2v) is 10.6. The zero-order valence-corrected chi connectivity index (χ0v) is 20.3. The average Bonchev–Trinajstić information content (AvgIpc) is 3.67. The number of carbonyl (C=O) groups is 2. The van der Waals surface area contributed by atoms with Crippen LogP contribution in [0.2, 0.25) is 0 Å². The fourth-order valence-electron chi connectivity index (χ4n) is 4.38. The minimum atomic E-state index is -4.00. The molecule has 0 aromatic heterocycles. The van der Waals surface area contributed by atoms with E-state index in [1.807, 2.05) is 18.2 Å². The standard InChI is InChI=1S/C24H29N3O6S/c1-24(23(29)25-14-17-6-4-5-7-21(17)33-3)16-26(15-22(28)27(24)18-8-9-18)34(30,31)20-12-10-19(32-2)11-13-20/h4-7,10-13,18H,8-9,14-16H2,1-3H3,(H,25,29)/t24-/m0/s1. The van der Waals surface area contributed by atoms with E-state index >= 15 is 0 Å². The molecule has 10 heteroatoms. The van der Waals surface area contributed by atoms with Crippen molar-refractivity contribution in [2.75, 3.05) is 27.3 Å². The molecule has 1 saturated carbocycles. The molecule has 1 N–H and O–H groups in total. The van der Waals surface area contributed by atoms with Crippen molar-refractivity contribution in [3.63, 3.8) is 0 Å². The van der Waals surface area contributed by atoms with Gasteiger partial charge in [-0.25, -0.2) is 8.42 Å². The smallest absolute Gasteiger partial charge is 0.247 e. The molecule has 34 heavy (non-hydrogen) atoms. The summed E-state index contributed by atoms with van der Waals surface area (Å²) in [6, 6.07) is 13.2. The molecule has 2 aromatic rings. The molecular formula is C24H29N3O6S. The van der Waals surface area contributed by atoms with Crippen LogP contribution < -0.4 is 14.8 Å². The molecule has 182 valence electrons. The van der Waals surface area contributed by atoms with Crippen LogP contribution in [-0.2, 0) is 26.2 Å². The van der Waals surface area contributed by atoms with Crippen molar-refractivity contribution in [2.45, 2.75) is 42.8 Å². The fourth-order valence-corrected chi connectivity index (χ4v) is 5.86. The highest BCUT2D eigenvalue weighted by molar-refractivity contribution is 7.89. The number of rotatable bonds is 8. The van der Waals surface area contributed by atoms with Crippen LogP contribution in [-0.4, -0.2) is 68.3 Å². The second-order valence-electron chi connectivity index (χ2n) is 8.71. The largest absolute Gasteiger partial charge is 0.497 e. The SMILES string of the molecule is COc1ccc(S(=O)(=O)N2CC(=O)N(C3CC3)[C@](C)(C(=O)NCc3ccccc3OC)C2)cc1. The second kappa shape index (κ2) is 9.27. The van der Waals surface area contributed by atoms with Gasteiger partial charge < -0.3 is 19.7 Å². The van der Waals surface area contributed by atoms with Gasteiger partial charge in [-0.3, -0.25) is 9.59 Å². The highest BCUT2D eigenvalue weighted by Gasteiger charge is 2.54. The van der Waals surface area contributed by atoms with Gasteiger partial charge in [0.1, 0.15) is 17.0 Å². The van der Waals surface area contributed by atoms with Gasteiger partial charge in [-0.1, -0.05) is 18.2 Å². The molecule has 4 rings (SSSR count). The summed E-state index contributed by atoms with van der Waals surface area (Å²) in [7, 11) is -0.952. The van der Waals surface area contributed by atoms with Gasteiger partial charge in [0.25, 0.3) is 0 Å². The summed E-state index contributed by atoms with van der Waals surface area (Å²) in [5.41, 5.74) is -0.567. The minimum Gasteiger partial charge on any atom is -0.497 e. The monoisotopic (exact) mass is 487 g/mol. The highest BCUT2D eigenvalue weighted by Crippen LogP contribution is 2.37. The Labute approximate surface area is 199 Å². The number of hydrogen-bond acceptors (Lipinski definition) is 6. The van der Waals surface area contributed by atoms with Crippen molar-refractivity contribution >= 4 is 21.8 Å². The van der Waals surface area contributed by atoms with E-state index in [1.54, 1.807) is 37.1 Å². The predicted octanol–water partition coefficient (Wildman–Crippen LogP) is 1.77. The Bertz CT molecular complexity index is 1180. The van der Waals surface area contributed by atoms with Gasteiger partial charge in [-0.05, 0) is 50.1 Å². The van der Waals surface area contributed by atoms with Gasteiger partial charge in [-0.2, -0.15) is 4.31 Å². The molecule has 0 unspecified atom stereocenters. The molecule has 2 aromatic carbocycles. The number of methoxy groups -OCH3 is 2. The lowest BCUT2D eigenvalue weighted by Gasteiger charge is -2.47. The Morgan fingerprint density at radius 2 is 1.76 bits per heavy atom. The zero-order chi connectivity index (χ0) is 24.5. The Morgan fingerprint density at radius 3 is 2.38 bits per heavy atom. The van der Waals surface area contributed by atoms with Gasteiger partial charge in [-0.15, -0.1) is 0 Å². The van der Waals surface area contributed by atoms with Crippen LogP contribution in [0.1, 0.15) is 25.3 Å². The van der Waals surface area contributed by atoms with E-state index in [9.17, 15) is 18.0 Å². The summed E-state index contributed by atoms with van der Waals surface area (Å²) in [6.45, 7) is 1.38. The quantitative estimate of drug-likeness (QED) is 0.609. The lowest BCUT2D eigenvalue weighted by Crippen LogP contribution is -2.70. The number of benzene rings is 2. The summed E-state index contributed by atoms with van der Waals surface area (Å²) < 4.78 is 38.3. The van der Waals surface area contributed by atoms with Gasteiger partial charge in [0.05, 0.1) is 25.7 Å². The Balaban J connectivity index is 1.60. The van der Waals surface area contributed by atoms with Crippen LogP contribution in [0.25, 0.3) is 0 Å². The number of ether oxygens (including phenoxy) is 2. The number of sulfonamides is 1. The molecule has 2 aliphatic rings. The zero-order valence-electron chi connectivity index (χ0n) is 19.5. The number of piperazine rings is 1. The summed E-state index contributed by atoms with van der Waals surface area (Å²) in [5.74, 6) is 0.374. The third kappa shape index (κ3) is 4.47. The molecule has 1 heterocycles. The van der Waals surface area contributed by atoms with E-state index in [2.05, 4.69) is 5.32 Å². The Hall–Kier alpha value is -3.11. The van der Waals surface area contributed by atoms with Crippen molar-refractivity contribution in [1.82, 2.24) is 14.5 Å². The van der Waals surface area contributed by atoms with Crippen molar-refractivity contribution in [3.8, 4) is 11.5 Å². The first kappa shape index (κ1) is 24.0. The third-order valence-electron chi connectivity index (χ3n) is 6.33.